The van der Waals surface area contributed by atoms with Gasteiger partial charge in [-0.15, -0.1) is 0 Å². The number of rotatable bonds is 5. The van der Waals surface area contributed by atoms with Crippen LogP contribution in [0.1, 0.15) is 29.3 Å². The molecule has 0 fully saturated rings. The first-order valence-electron chi connectivity index (χ1n) is 6.43. The SMILES string of the molecule is COc1c(C(O)CCc2ccccc2)c(C)nn1C. The van der Waals surface area contributed by atoms with Gasteiger partial charge in [-0.25, -0.2) is 4.68 Å². The summed E-state index contributed by atoms with van der Waals surface area (Å²) in [5, 5.41) is 14.6. The molecule has 1 unspecified atom stereocenters. The minimum Gasteiger partial charge on any atom is -0.481 e. The van der Waals surface area contributed by atoms with E-state index in [2.05, 4.69) is 17.2 Å². The lowest BCUT2D eigenvalue weighted by Crippen LogP contribution is -2.03. The highest BCUT2D eigenvalue weighted by Gasteiger charge is 2.21. The van der Waals surface area contributed by atoms with Crippen molar-refractivity contribution in [3.8, 4) is 5.88 Å². The van der Waals surface area contributed by atoms with Crippen molar-refractivity contribution in [2.75, 3.05) is 7.11 Å². The van der Waals surface area contributed by atoms with Crippen LogP contribution >= 0.6 is 0 Å². The molecule has 0 amide bonds. The molecule has 4 heteroatoms. The number of aromatic nitrogens is 2. The predicted molar refractivity (Wildman–Crippen MR) is 74.2 cm³/mol. The highest BCUT2D eigenvalue weighted by atomic mass is 16.5. The number of aryl methyl sites for hydroxylation is 3. The van der Waals surface area contributed by atoms with E-state index in [-0.39, 0.29) is 0 Å². The van der Waals surface area contributed by atoms with Gasteiger partial charge in [0, 0.05) is 7.05 Å². The van der Waals surface area contributed by atoms with Gasteiger partial charge < -0.3 is 9.84 Å². The molecular weight excluding hydrogens is 240 g/mol. The molecule has 102 valence electrons. The van der Waals surface area contributed by atoms with E-state index in [0.717, 1.165) is 17.7 Å². The van der Waals surface area contributed by atoms with Crippen LogP contribution in [0.2, 0.25) is 0 Å². The minimum absolute atomic E-state index is 0.552. The maximum absolute atomic E-state index is 10.4. The maximum Gasteiger partial charge on any atom is 0.217 e. The van der Waals surface area contributed by atoms with Crippen LogP contribution in [0.25, 0.3) is 0 Å². The van der Waals surface area contributed by atoms with Gasteiger partial charge in [-0.2, -0.15) is 5.10 Å². The van der Waals surface area contributed by atoms with Gasteiger partial charge in [-0.3, -0.25) is 0 Å². The van der Waals surface area contributed by atoms with Gasteiger partial charge in [0.25, 0.3) is 0 Å². The van der Waals surface area contributed by atoms with Crippen molar-refractivity contribution < 1.29 is 9.84 Å². The molecule has 1 atom stereocenters. The van der Waals surface area contributed by atoms with E-state index in [1.165, 1.54) is 5.56 Å². The van der Waals surface area contributed by atoms with Crippen molar-refractivity contribution >= 4 is 0 Å². The topological polar surface area (TPSA) is 47.3 Å². The largest absolute Gasteiger partial charge is 0.481 e. The summed E-state index contributed by atoms with van der Waals surface area (Å²) in [5.74, 6) is 0.637. The van der Waals surface area contributed by atoms with Crippen LogP contribution in [0.3, 0.4) is 0 Å². The third kappa shape index (κ3) is 2.96. The first kappa shape index (κ1) is 13.6. The van der Waals surface area contributed by atoms with Gasteiger partial charge in [-0.05, 0) is 25.3 Å². The van der Waals surface area contributed by atoms with E-state index < -0.39 is 6.10 Å². The van der Waals surface area contributed by atoms with Gasteiger partial charge in [0.1, 0.15) is 0 Å². The summed E-state index contributed by atoms with van der Waals surface area (Å²) in [6.45, 7) is 1.89. The molecule has 0 saturated heterocycles. The van der Waals surface area contributed by atoms with E-state index >= 15 is 0 Å². The lowest BCUT2D eigenvalue weighted by atomic mass is 10.0. The van der Waals surface area contributed by atoms with Gasteiger partial charge in [0.05, 0.1) is 24.5 Å². The Morgan fingerprint density at radius 1 is 1.32 bits per heavy atom. The molecule has 4 nitrogen and oxygen atoms in total. The number of ether oxygens (including phenoxy) is 1. The zero-order valence-corrected chi connectivity index (χ0v) is 11.6. The van der Waals surface area contributed by atoms with Crippen molar-refractivity contribution in [3.05, 3.63) is 47.2 Å². The third-order valence-electron chi connectivity index (χ3n) is 3.29. The van der Waals surface area contributed by atoms with Crippen LogP contribution in [0, 0.1) is 6.92 Å². The molecule has 1 aromatic heterocycles. The smallest absolute Gasteiger partial charge is 0.217 e. The van der Waals surface area contributed by atoms with Gasteiger partial charge in [-0.1, -0.05) is 30.3 Å². The van der Waals surface area contributed by atoms with Crippen LogP contribution in [-0.4, -0.2) is 22.0 Å². The van der Waals surface area contributed by atoms with Crippen LogP contribution in [0.15, 0.2) is 30.3 Å². The van der Waals surface area contributed by atoms with E-state index in [0.29, 0.717) is 12.3 Å². The monoisotopic (exact) mass is 260 g/mol. The van der Waals surface area contributed by atoms with E-state index in [4.69, 9.17) is 4.74 Å². The summed E-state index contributed by atoms with van der Waals surface area (Å²) in [4.78, 5) is 0. The van der Waals surface area contributed by atoms with Gasteiger partial charge in [0.2, 0.25) is 5.88 Å². The number of hydrogen-bond acceptors (Lipinski definition) is 3. The number of nitrogens with zero attached hydrogens (tertiary/aromatic N) is 2. The summed E-state index contributed by atoms with van der Waals surface area (Å²) in [6.07, 6.45) is 0.940. The molecule has 0 radical (unpaired) electrons. The van der Waals surface area contributed by atoms with Crippen molar-refractivity contribution in [2.45, 2.75) is 25.9 Å². The first-order valence-corrected chi connectivity index (χ1v) is 6.43. The van der Waals surface area contributed by atoms with Crippen LogP contribution < -0.4 is 4.74 Å². The molecule has 1 aromatic carbocycles. The quantitative estimate of drug-likeness (QED) is 0.898. The molecule has 2 rings (SSSR count). The average molecular weight is 260 g/mol. The Bertz CT molecular complexity index is 535. The molecule has 1 heterocycles. The van der Waals surface area contributed by atoms with Crippen molar-refractivity contribution in [1.82, 2.24) is 9.78 Å². The minimum atomic E-state index is -0.552. The van der Waals surface area contributed by atoms with Crippen LogP contribution in [-0.2, 0) is 13.5 Å². The summed E-state index contributed by atoms with van der Waals surface area (Å²) in [5.41, 5.74) is 2.84. The molecule has 0 aliphatic heterocycles. The number of aliphatic hydroxyl groups excluding tert-OH is 1. The fraction of sp³-hybridized carbons (Fsp3) is 0.400. The lowest BCUT2D eigenvalue weighted by Gasteiger charge is -2.12. The zero-order chi connectivity index (χ0) is 13.8. The average Bonchev–Trinajstić information content (AvgIpc) is 2.71. The highest BCUT2D eigenvalue weighted by molar-refractivity contribution is 5.33. The second kappa shape index (κ2) is 5.89. The second-order valence-electron chi connectivity index (χ2n) is 4.67. The maximum atomic E-state index is 10.4. The Hall–Kier alpha value is -1.81. The molecule has 0 spiro atoms. The summed E-state index contributed by atoms with van der Waals surface area (Å²) in [7, 11) is 3.42. The van der Waals surface area contributed by atoms with E-state index in [9.17, 15) is 5.11 Å². The second-order valence-corrected chi connectivity index (χ2v) is 4.67. The Labute approximate surface area is 113 Å². The third-order valence-corrected chi connectivity index (χ3v) is 3.29. The number of hydrogen-bond donors (Lipinski definition) is 1. The molecule has 0 saturated carbocycles. The summed E-state index contributed by atoms with van der Waals surface area (Å²) >= 11 is 0. The Balaban J connectivity index is 2.10. The van der Waals surface area contributed by atoms with Crippen LogP contribution in [0.5, 0.6) is 5.88 Å². The Kier molecular flexibility index (Phi) is 4.22. The first-order chi connectivity index (χ1) is 9.13. The molecule has 1 N–H and O–H groups in total. The zero-order valence-electron chi connectivity index (χ0n) is 11.6. The van der Waals surface area contributed by atoms with Crippen LogP contribution in [0.4, 0.5) is 0 Å². The molecule has 2 aromatic rings. The summed E-state index contributed by atoms with van der Waals surface area (Å²) in [6, 6.07) is 10.2. The van der Waals surface area contributed by atoms with Crippen molar-refractivity contribution in [1.29, 1.82) is 0 Å². The molecule has 19 heavy (non-hydrogen) atoms. The van der Waals surface area contributed by atoms with Gasteiger partial charge >= 0.3 is 0 Å². The lowest BCUT2D eigenvalue weighted by molar-refractivity contribution is 0.162. The number of methoxy groups -OCH3 is 1. The molecule has 0 aliphatic carbocycles. The Morgan fingerprint density at radius 3 is 2.63 bits per heavy atom. The fourth-order valence-electron chi connectivity index (χ4n) is 2.37. The molecular formula is C15H20N2O2. The fourth-order valence-corrected chi connectivity index (χ4v) is 2.37. The number of benzene rings is 1. The number of aliphatic hydroxyl groups is 1. The highest BCUT2D eigenvalue weighted by Crippen LogP contribution is 2.30. The van der Waals surface area contributed by atoms with Crippen molar-refractivity contribution in [3.63, 3.8) is 0 Å². The summed E-state index contributed by atoms with van der Waals surface area (Å²) < 4.78 is 6.97. The van der Waals surface area contributed by atoms with Crippen molar-refractivity contribution in [2.24, 2.45) is 7.05 Å². The normalized spacial score (nSPS) is 12.4. The van der Waals surface area contributed by atoms with E-state index in [1.807, 2.05) is 32.2 Å². The predicted octanol–water partition coefficient (Wildman–Crippen LogP) is 2.40. The van der Waals surface area contributed by atoms with Gasteiger partial charge in [0.15, 0.2) is 0 Å². The standard InChI is InChI=1S/C15H20N2O2/c1-11-14(15(19-3)17(2)16-11)13(18)10-9-12-7-5-4-6-8-12/h4-8,13,18H,9-10H2,1-3H3. The Morgan fingerprint density at radius 2 is 2.00 bits per heavy atom. The molecule has 0 aliphatic rings. The molecule has 0 bridgehead atoms. The van der Waals surface area contributed by atoms with E-state index in [1.54, 1.807) is 11.8 Å².